The van der Waals surface area contributed by atoms with Crippen molar-refractivity contribution >= 4 is 79.9 Å². The van der Waals surface area contributed by atoms with Crippen LogP contribution in [-0.2, 0) is 40.2 Å². The van der Waals surface area contributed by atoms with Gasteiger partial charge in [0.25, 0.3) is 31.9 Å². The van der Waals surface area contributed by atoms with Crippen LogP contribution < -0.4 is 29.9 Å². The number of nitrogens with one attached hydrogen (secondary N) is 4. The van der Waals surface area contributed by atoms with E-state index >= 15 is 0 Å². The number of hydrogen-bond donors (Lipinski definition) is 4. The molecule has 24 heteroatoms. The topological polar surface area (TPSA) is 253 Å². The molecular formula is C72H96BClN12O8S2. The van der Waals surface area contributed by atoms with E-state index in [1.807, 2.05) is 50.3 Å². The van der Waals surface area contributed by atoms with Crippen molar-refractivity contribution in [1.82, 2.24) is 39.3 Å². The quantitative estimate of drug-likeness (QED) is 0.120. The molecule has 0 radical (unpaired) electrons. The van der Waals surface area contributed by atoms with Crippen LogP contribution in [-0.4, -0.2) is 101 Å². The fourth-order valence-electron chi connectivity index (χ4n) is 12.8. The van der Waals surface area contributed by atoms with Gasteiger partial charge in [0.15, 0.2) is 10.1 Å². The highest BCUT2D eigenvalue weighted by Gasteiger charge is 2.50. The first-order valence-corrected chi connectivity index (χ1v) is 36.4. The summed E-state index contributed by atoms with van der Waals surface area (Å²) in [6.07, 6.45) is 10.6. The lowest BCUT2D eigenvalue weighted by molar-refractivity contribution is 0.00578. The molecule has 4 atom stereocenters. The number of pyridine rings is 6. The molecule has 11 rings (SSSR count). The van der Waals surface area contributed by atoms with Crippen LogP contribution in [0.3, 0.4) is 0 Å². The number of anilines is 4. The Balaban J connectivity index is 0.000000190. The Labute approximate surface area is 574 Å². The van der Waals surface area contributed by atoms with E-state index in [1.54, 1.807) is 54.7 Å². The molecule has 3 fully saturated rings. The van der Waals surface area contributed by atoms with Gasteiger partial charge in [0.2, 0.25) is 0 Å². The zero-order valence-corrected chi connectivity index (χ0v) is 61.4. The summed E-state index contributed by atoms with van der Waals surface area (Å²) in [5.41, 5.74) is 5.64. The Morgan fingerprint density at radius 3 is 1.36 bits per heavy atom. The molecule has 5 aliphatic rings. The van der Waals surface area contributed by atoms with Gasteiger partial charge in [0.05, 0.1) is 50.8 Å². The molecule has 0 aliphatic carbocycles. The molecular weight excluding hydrogens is 1270 g/mol. The van der Waals surface area contributed by atoms with Crippen LogP contribution >= 0.6 is 11.6 Å². The molecule has 20 nitrogen and oxygen atoms in total. The predicted molar refractivity (Wildman–Crippen MR) is 382 cm³/mol. The highest BCUT2D eigenvalue weighted by atomic mass is 35.5. The summed E-state index contributed by atoms with van der Waals surface area (Å²) in [6.45, 7) is 38.8. The van der Waals surface area contributed by atoms with Crippen molar-refractivity contribution in [3.8, 4) is 0 Å². The van der Waals surface area contributed by atoms with E-state index in [4.69, 9.17) is 35.9 Å². The van der Waals surface area contributed by atoms with Crippen LogP contribution in [0.25, 0.3) is 6.08 Å². The highest BCUT2D eigenvalue weighted by molar-refractivity contribution is 7.90. The van der Waals surface area contributed by atoms with Gasteiger partial charge in [-0.05, 0) is 206 Å². The van der Waals surface area contributed by atoms with Crippen LogP contribution in [0, 0.1) is 11.8 Å². The Hall–Kier alpha value is -7.31. The maximum absolute atomic E-state index is 13.6. The molecule has 2 amide bonds. The third-order valence-corrected chi connectivity index (χ3v) is 21.2. The number of amides is 2. The van der Waals surface area contributed by atoms with Crippen molar-refractivity contribution in [3.05, 3.63) is 159 Å². The van der Waals surface area contributed by atoms with Crippen LogP contribution in [0.1, 0.15) is 224 Å². The summed E-state index contributed by atoms with van der Waals surface area (Å²) in [5, 5.41) is 6.85. The summed E-state index contributed by atoms with van der Waals surface area (Å²) >= 11 is 6.10. The standard InChI is InChI=1S/C33H42N6O3S.C29H35ClN6O3S.C10H19BO2/c1-21(2)17-22-11-14-25(34-19-22)26-15-12-23-18-33(6,7)39(20-23)30-24(13-16-27(36-30)32(3,4)5)31(40)38-43(41,42)29-10-8-9-28(35-26)37-29;1-28(2,3)23-14-11-20-26(33-23)36-17-18(15-29(36,4)5)9-12-22(21-13-10-19(30)16-31-21)32-24-7-6-8-25(34-24)40(38,39)35-27(20)37;1-8(2)7-11-12-9(3,4)10(5,6)13-11/h8-11,13-14,16-17,19,23,26H,12,15,18,20H2,1-7H3,(H,35,37)(H,38,40);6-8,10-11,13-14,16,18,22H,9,12,15,17H2,1-5H3,(H,32,34)(H,35,37);7H,1-6H3/t23-,26?;18-,22?;/m00./s1. The van der Waals surface area contributed by atoms with Gasteiger partial charge in [-0.15, -0.1) is 0 Å². The average molecular weight is 1370 g/mol. The SMILES string of the molecule is CC(C)(C)c1ccc2c(n1)N1C[C@@H](CCC(c3ccc(Cl)cn3)Nc3cccc(n3)S(=O)(=O)NC2=O)CC1(C)C.CC(C)=CB1OC(C)(C)C(C)(C)O1.CC(C)=Cc1ccc(C2CC[C@@H]3CN(c4nc(C(C)(C)C)ccc4C(=O)NS(=O)(=O)c4cccc(n4)N2)C(C)(C)C3)nc1. The Morgan fingerprint density at radius 2 is 0.990 bits per heavy atom. The van der Waals surface area contributed by atoms with Crippen LogP contribution in [0.4, 0.5) is 23.3 Å². The molecule has 514 valence electrons. The Morgan fingerprint density at radius 1 is 0.562 bits per heavy atom. The molecule has 0 aromatic carbocycles. The molecule has 5 aliphatic heterocycles. The first-order valence-electron chi connectivity index (χ1n) is 33.0. The fourth-order valence-corrected chi connectivity index (χ4v) is 14.7. The highest BCUT2D eigenvalue weighted by Crippen LogP contribution is 2.44. The normalized spacial score (nSPS) is 22.3. The van der Waals surface area contributed by atoms with E-state index in [9.17, 15) is 26.4 Å². The predicted octanol–water partition coefficient (Wildman–Crippen LogP) is 14.3. The summed E-state index contributed by atoms with van der Waals surface area (Å²) in [4.78, 5) is 59.5. The van der Waals surface area contributed by atoms with Crippen molar-refractivity contribution in [3.63, 3.8) is 0 Å². The zero-order chi connectivity index (χ0) is 70.3. The van der Waals surface area contributed by atoms with Gasteiger partial charge >= 0.3 is 7.12 Å². The molecule has 8 bridgehead atoms. The van der Waals surface area contributed by atoms with E-state index in [-0.39, 0.29) is 73.5 Å². The summed E-state index contributed by atoms with van der Waals surface area (Å²) in [5.74, 6) is 2.97. The van der Waals surface area contributed by atoms with Crippen LogP contribution in [0.5, 0.6) is 0 Å². The smallest absolute Gasteiger partial charge is 0.400 e. The van der Waals surface area contributed by atoms with Crippen molar-refractivity contribution in [2.24, 2.45) is 11.8 Å². The second-order valence-corrected chi connectivity index (χ2v) is 34.5. The average Bonchev–Trinajstić information content (AvgIpc) is 1.50. The maximum atomic E-state index is 13.6. The first-order chi connectivity index (χ1) is 44.6. The number of carbonyl (C=O) groups is 2. The number of allylic oxidation sites excluding steroid dienone is 2. The van der Waals surface area contributed by atoms with Crippen LogP contribution in [0.2, 0.25) is 5.02 Å². The minimum atomic E-state index is -4.27. The van der Waals surface area contributed by atoms with Crippen molar-refractivity contribution in [2.75, 3.05) is 33.5 Å². The van der Waals surface area contributed by atoms with Crippen LogP contribution in [0.15, 0.2) is 124 Å². The second-order valence-electron chi connectivity index (χ2n) is 30.8. The van der Waals surface area contributed by atoms with Gasteiger partial charge in [-0.25, -0.2) is 29.4 Å². The van der Waals surface area contributed by atoms with Gasteiger partial charge in [0, 0.05) is 58.8 Å². The lowest BCUT2D eigenvalue weighted by Crippen LogP contribution is -2.41. The number of rotatable bonds is 4. The van der Waals surface area contributed by atoms with E-state index in [2.05, 4.69) is 162 Å². The summed E-state index contributed by atoms with van der Waals surface area (Å²) < 4.78 is 69.6. The van der Waals surface area contributed by atoms with Gasteiger partial charge in [-0.1, -0.05) is 94.5 Å². The Kier molecular flexibility index (Phi) is 21.2. The fraction of sp³-hybridized carbons (Fsp3) is 0.500. The lowest BCUT2D eigenvalue weighted by atomic mass is 9.88. The molecule has 96 heavy (non-hydrogen) atoms. The molecule has 2 unspecified atom stereocenters. The summed E-state index contributed by atoms with van der Waals surface area (Å²) in [7, 11) is -8.73. The number of sulfonamides is 2. The number of halogens is 1. The minimum absolute atomic E-state index is 0.185. The molecule has 6 aromatic heterocycles. The lowest BCUT2D eigenvalue weighted by Gasteiger charge is -2.34. The number of hydrogen-bond acceptors (Lipinski definition) is 18. The monoisotopic (exact) mass is 1370 g/mol. The molecule has 6 aromatic rings. The first kappa shape index (κ1) is 73.0. The third-order valence-electron chi connectivity index (χ3n) is 18.5. The maximum Gasteiger partial charge on any atom is 0.487 e. The van der Waals surface area contributed by atoms with Gasteiger partial charge in [-0.2, -0.15) is 16.8 Å². The van der Waals surface area contributed by atoms with E-state index in [0.29, 0.717) is 53.2 Å². The second kappa shape index (κ2) is 27.9. The summed E-state index contributed by atoms with van der Waals surface area (Å²) in [6, 6.07) is 23.7. The van der Waals surface area contributed by atoms with E-state index in [1.165, 1.54) is 23.3 Å². The number of aromatic nitrogens is 6. The molecule has 4 N–H and O–H groups in total. The van der Waals surface area contributed by atoms with E-state index in [0.717, 1.165) is 66.9 Å². The number of fused-ring (bicyclic) bond motifs is 12. The largest absolute Gasteiger partial charge is 0.487 e. The minimum Gasteiger partial charge on any atom is -0.400 e. The van der Waals surface area contributed by atoms with Gasteiger partial charge in [0.1, 0.15) is 23.3 Å². The molecule has 0 saturated carbocycles. The van der Waals surface area contributed by atoms with Crippen molar-refractivity contribution in [1.29, 1.82) is 0 Å². The Bertz CT molecular complexity index is 4130. The molecule has 3 saturated heterocycles. The number of carbonyl (C=O) groups excluding carboxylic acids is 2. The number of nitrogens with zero attached hydrogens (tertiary/aromatic N) is 8. The van der Waals surface area contributed by atoms with E-state index < -0.39 is 31.9 Å². The van der Waals surface area contributed by atoms with Crippen molar-refractivity contribution < 1.29 is 35.7 Å². The van der Waals surface area contributed by atoms with Gasteiger partial charge < -0.3 is 29.7 Å². The van der Waals surface area contributed by atoms with Crippen molar-refractivity contribution in [2.45, 2.75) is 218 Å². The molecule has 0 spiro atoms. The third kappa shape index (κ3) is 17.3. The zero-order valence-electron chi connectivity index (χ0n) is 59.0. The van der Waals surface area contributed by atoms with Gasteiger partial charge in [-0.3, -0.25) is 19.6 Å². The molecule has 11 heterocycles.